The molecule has 120 valence electrons. The number of benzene rings is 1. The van der Waals surface area contributed by atoms with Gasteiger partial charge in [-0.25, -0.2) is 0 Å². The smallest absolute Gasteiger partial charge is 0.389 e. The Morgan fingerprint density at radius 2 is 2.04 bits per heavy atom. The maximum Gasteiger partial charge on any atom is 0.389 e. The van der Waals surface area contributed by atoms with Gasteiger partial charge in [-0.1, -0.05) is 6.07 Å². The molecule has 2 aromatic rings. The highest BCUT2D eigenvalue weighted by Crippen LogP contribution is 2.43. The molecule has 1 fully saturated rings. The molecule has 1 saturated carbocycles. The van der Waals surface area contributed by atoms with Crippen molar-refractivity contribution in [1.82, 2.24) is 4.98 Å². The Bertz CT molecular complexity index is 789. The van der Waals surface area contributed by atoms with E-state index in [2.05, 4.69) is 11.1 Å². The molecule has 1 aliphatic rings. The van der Waals surface area contributed by atoms with Crippen molar-refractivity contribution >= 4 is 10.9 Å². The van der Waals surface area contributed by atoms with Crippen molar-refractivity contribution in [2.24, 2.45) is 0 Å². The zero-order chi connectivity index (χ0) is 16.6. The van der Waals surface area contributed by atoms with Gasteiger partial charge in [0, 0.05) is 17.7 Å². The number of alkyl halides is 3. The van der Waals surface area contributed by atoms with E-state index in [1.165, 1.54) is 6.07 Å². The van der Waals surface area contributed by atoms with Crippen molar-refractivity contribution in [2.45, 2.75) is 44.2 Å². The van der Waals surface area contributed by atoms with Crippen LogP contribution >= 0.6 is 0 Å². The van der Waals surface area contributed by atoms with Crippen LogP contribution in [0.5, 0.6) is 5.75 Å². The van der Waals surface area contributed by atoms with Gasteiger partial charge in [0.05, 0.1) is 16.8 Å². The lowest BCUT2D eigenvalue weighted by Crippen LogP contribution is -2.08. The van der Waals surface area contributed by atoms with E-state index in [1.54, 1.807) is 12.1 Å². The second kappa shape index (κ2) is 5.73. The molecule has 0 atom stereocenters. The minimum Gasteiger partial charge on any atom is -0.507 e. The molecular formula is C17H15F3N2O. The number of halogens is 3. The summed E-state index contributed by atoms with van der Waals surface area (Å²) in [5, 5.41) is 20.0. The summed E-state index contributed by atoms with van der Waals surface area (Å²) in [5.41, 5.74) is 2.02. The fourth-order valence-corrected chi connectivity index (χ4v) is 2.89. The van der Waals surface area contributed by atoms with E-state index < -0.39 is 12.6 Å². The van der Waals surface area contributed by atoms with Crippen LogP contribution < -0.4 is 0 Å². The Labute approximate surface area is 131 Å². The number of nitriles is 1. The molecule has 1 N–H and O–H groups in total. The maximum atomic E-state index is 12.4. The molecule has 1 aliphatic carbocycles. The van der Waals surface area contributed by atoms with E-state index in [0.29, 0.717) is 27.7 Å². The third-order valence-electron chi connectivity index (χ3n) is 4.08. The Morgan fingerprint density at radius 1 is 1.30 bits per heavy atom. The number of nitrogens with zero attached hydrogens (tertiary/aromatic N) is 2. The molecule has 0 aliphatic heterocycles. The van der Waals surface area contributed by atoms with Crippen LogP contribution in [-0.4, -0.2) is 16.3 Å². The number of aryl methyl sites for hydroxylation is 1. The standard InChI is InChI=1S/C17H15F3N2O/c18-17(19,20)8-2-3-11-12(9-21)16(10-6-7-10)22-13-4-1-5-14(23)15(11)13/h1,4-5,10,23H,2-3,6-8H2. The molecule has 6 heteroatoms. The molecular weight excluding hydrogens is 305 g/mol. The SMILES string of the molecule is N#Cc1c(C2CC2)nc2cccc(O)c2c1CCCC(F)(F)F. The van der Waals surface area contributed by atoms with E-state index in [0.717, 1.165) is 12.8 Å². The summed E-state index contributed by atoms with van der Waals surface area (Å²) in [5.74, 6) is 0.161. The zero-order valence-corrected chi connectivity index (χ0v) is 12.3. The van der Waals surface area contributed by atoms with Crippen molar-refractivity contribution < 1.29 is 18.3 Å². The van der Waals surface area contributed by atoms with E-state index in [9.17, 15) is 23.5 Å². The first-order valence-corrected chi connectivity index (χ1v) is 7.52. The van der Waals surface area contributed by atoms with Crippen LogP contribution in [0.3, 0.4) is 0 Å². The predicted octanol–water partition coefficient (Wildman–Crippen LogP) is 4.57. The lowest BCUT2D eigenvalue weighted by molar-refractivity contribution is -0.135. The summed E-state index contributed by atoms with van der Waals surface area (Å²) >= 11 is 0. The van der Waals surface area contributed by atoms with Crippen molar-refractivity contribution in [3.63, 3.8) is 0 Å². The number of aromatic hydroxyl groups is 1. The normalized spacial score (nSPS) is 14.9. The van der Waals surface area contributed by atoms with Crippen molar-refractivity contribution in [2.75, 3.05) is 0 Å². The number of aromatic nitrogens is 1. The summed E-state index contributed by atoms with van der Waals surface area (Å²) in [6.45, 7) is 0. The molecule has 1 aromatic carbocycles. The fourth-order valence-electron chi connectivity index (χ4n) is 2.89. The van der Waals surface area contributed by atoms with E-state index >= 15 is 0 Å². The average molecular weight is 320 g/mol. The van der Waals surface area contributed by atoms with Crippen molar-refractivity contribution in [3.05, 3.63) is 35.0 Å². The molecule has 0 saturated heterocycles. The number of hydrogen-bond acceptors (Lipinski definition) is 3. The number of pyridine rings is 1. The second-order valence-electron chi connectivity index (χ2n) is 5.88. The van der Waals surface area contributed by atoms with Crippen LogP contribution in [0, 0.1) is 11.3 Å². The van der Waals surface area contributed by atoms with Crippen molar-refractivity contribution in [3.8, 4) is 11.8 Å². The molecule has 3 nitrogen and oxygen atoms in total. The zero-order valence-electron chi connectivity index (χ0n) is 12.3. The average Bonchev–Trinajstić information content (AvgIpc) is 3.29. The van der Waals surface area contributed by atoms with Gasteiger partial charge < -0.3 is 5.11 Å². The minimum absolute atomic E-state index is 0.0455. The Balaban J connectivity index is 2.09. The van der Waals surface area contributed by atoms with Crippen LogP contribution in [-0.2, 0) is 6.42 Å². The van der Waals surface area contributed by atoms with Gasteiger partial charge in [-0.15, -0.1) is 0 Å². The molecule has 1 aromatic heterocycles. The minimum atomic E-state index is -4.23. The van der Waals surface area contributed by atoms with Crippen molar-refractivity contribution in [1.29, 1.82) is 5.26 Å². The van der Waals surface area contributed by atoms with Gasteiger partial charge in [-0.3, -0.25) is 4.98 Å². The quantitative estimate of drug-likeness (QED) is 0.897. The van der Waals surface area contributed by atoms with Gasteiger partial charge in [0.2, 0.25) is 0 Å². The Morgan fingerprint density at radius 3 is 2.65 bits per heavy atom. The van der Waals surface area contributed by atoms with Crippen LogP contribution in [0.4, 0.5) is 13.2 Å². The highest BCUT2D eigenvalue weighted by molar-refractivity contribution is 5.90. The van der Waals surface area contributed by atoms with Gasteiger partial charge in [0.1, 0.15) is 11.8 Å². The van der Waals surface area contributed by atoms with Crippen LogP contribution in [0.25, 0.3) is 10.9 Å². The lowest BCUT2D eigenvalue weighted by atomic mass is 9.94. The lowest BCUT2D eigenvalue weighted by Gasteiger charge is -2.14. The summed E-state index contributed by atoms with van der Waals surface area (Å²) < 4.78 is 37.3. The monoisotopic (exact) mass is 320 g/mol. The first-order valence-electron chi connectivity index (χ1n) is 7.52. The summed E-state index contributed by atoms with van der Waals surface area (Å²) in [4.78, 5) is 4.48. The van der Waals surface area contributed by atoms with Crippen LogP contribution in [0.2, 0.25) is 0 Å². The summed E-state index contributed by atoms with van der Waals surface area (Å²) in [6.07, 6.45) is -3.28. The first kappa shape index (κ1) is 15.6. The molecule has 3 rings (SSSR count). The fraction of sp³-hybridized carbons (Fsp3) is 0.412. The first-order chi connectivity index (χ1) is 10.9. The van der Waals surface area contributed by atoms with Gasteiger partial charge in [0.25, 0.3) is 0 Å². The topological polar surface area (TPSA) is 56.9 Å². The number of phenols is 1. The van der Waals surface area contributed by atoms with E-state index in [-0.39, 0.29) is 24.5 Å². The molecule has 23 heavy (non-hydrogen) atoms. The highest BCUT2D eigenvalue weighted by Gasteiger charge is 2.31. The molecule has 0 spiro atoms. The molecule has 0 bridgehead atoms. The van der Waals surface area contributed by atoms with Crippen LogP contribution in [0.15, 0.2) is 18.2 Å². The van der Waals surface area contributed by atoms with E-state index in [1.807, 2.05) is 0 Å². The van der Waals surface area contributed by atoms with Gasteiger partial charge in [-0.05, 0) is 43.4 Å². The third kappa shape index (κ3) is 3.24. The maximum absolute atomic E-state index is 12.4. The summed E-state index contributed by atoms with van der Waals surface area (Å²) in [7, 11) is 0. The third-order valence-corrected chi connectivity index (χ3v) is 4.08. The number of phenolic OH excluding ortho intramolecular Hbond substituents is 1. The van der Waals surface area contributed by atoms with Gasteiger partial charge in [0.15, 0.2) is 0 Å². The summed E-state index contributed by atoms with van der Waals surface area (Å²) in [6, 6.07) is 6.93. The van der Waals surface area contributed by atoms with E-state index in [4.69, 9.17) is 0 Å². The number of fused-ring (bicyclic) bond motifs is 1. The Hall–Kier alpha value is -2.29. The number of rotatable bonds is 4. The predicted molar refractivity (Wildman–Crippen MR) is 79.1 cm³/mol. The molecule has 0 radical (unpaired) electrons. The van der Waals surface area contributed by atoms with Gasteiger partial charge in [-0.2, -0.15) is 18.4 Å². The molecule has 0 amide bonds. The molecule has 1 heterocycles. The largest absolute Gasteiger partial charge is 0.507 e. The molecule has 0 unspecified atom stereocenters. The Kier molecular flexibility index (Phi) is 3.88. The number of hydrogen-bond donors (Lipinski definition) is 1. The second-order valence-corrected chi connectivity index (χ2v) is 5.88. The van der Waals surface area contributed by atoms with Crippen LogP contribution in [0.1, 0.15) is 48.4 Å². The highest BCUT2D eigenvalue weighted by atomic mass is 19.4. The van der Waals surface area contributed by atoms with Gasteiger partial charge >= 0.3 is 6.18 Å².